The number of amides is 1. The molecule has 2 atom stereocenters. The molecule has 0 fully saturated rings. The van der Waals surface area contributed by atoms with Crippen molar-refractivity contribution in [2.75, 3.05) is 33.7 Å². The standard InChI is InChI=1S/C12H27N3O2/c1-5-10(7-13)6-11(16)14-8-12(2,17)9-15(3)4/h10,17H,5-9,13H2,1-4H3,(H,14,16). The molecule has 0 bridgehead atoms. The van der Waals surface area contributed by atoms with Crippen LogP contribution in [0.3, 0.4) is 0 Å². The van der Waals surface area contributed by atoms with Gasteiger partial charge in [0.25, 0.3) is 0 Å². The van der Waals surface area contributed by atoms with Crippen LogP contribution in [-0.2, 0) is 4.79 Å². The van der Waals surface area contributed by atoms with E-state index in [1.807, 2.05) is 25.9 Å². The molecule has 0 heterocycles. The zero-order valence-corrected chi connectivity index (χ0v) is 11.5. The van der Waals surface area contributed by atoms with Crippen molar-refractivity contribution in [2.45, 2.75) is 32.3 Å². The topological polar surface area (TPSA) is 78.6 Å². The molecule has 0 aliphatic carbocycles. The molecule has 0 saturated heterocycles. The Balaban J connectivity index is 3.98. The average Bonchev–Trinajstić information content (AvgIpc) is 2.21. The van der Waals surface area contributed by atoms with Gasteiger partial charge in [-0.3, -0.25) is 4.79 Å². The minimum atomic E-state index is -0.899. The van der Waals surface area contributed by atoms with Gasteiger partial charge < -0.3 is 21.1 Å². The van der Waals surface area contributed by atoms with E-state index in [4.69, 9.17) is 5.73 Å². The Morgan fingerprint density at radius 1 is 1.53 bits per heavy atom. The summed E-state index contributed by atoms with van der Waals surface area (Å²) in [4.78, 5) is 13.5. The van der Waals surface area contributed by atoms with Crippen LogP contribution in [0.2, 0.25) is 0 Å². The molecule has 1 amide bonds. The number of nitrogens with one attached hydrogen (secondary N) is 1. The Morgan fingerprint density at radius 3 is 2.53 bits per heavy atom. The zero-order chi connectivity index (χ0) is 13.5. The smallest absolute Gasteiger partial charge is 0.220 e. The maximum atomic E-state index is 11.6. The number of carbonyl (C=O) groups is 1. The third kappa shape index (κ3) is 8.12. The van der Waals surface area contributed by atoms with Crippen LogP contribution >= 0.6 is 0 Å². The monoisotopic (exact) mass is 245 g/mol. The molecule has 0 aromatic heterocycles. The maximum absolute atomic E-state index is 11.6. The number of carbonyl (C=O) groups excluding carboxylic acids is 1. The van der Waals surface area contributed by atoms with E-state index in [0.29, 0.717) is 19.5 Å². The molecule has 0 aliphatic heterocycles. The lowest BCUT2D eigenvalue weighted by molar-refractivity contribution is -0.123. The summed E-state index contributed by atoms with van der Waals surface area (Å²) in [5.74, 6) is 0.190. The third-order valence-corrected chi connectivity index (χ3v) is 2.71. The van der Waals surface area contributed by atoms with Gasteiger partial charge in [0.05, 0.1) is 5.60 Å². The lowest BCUT2D eigenvalue weighted by atomic mass is 10.0. The van der Waals surface area contributed by atoms with Crippen molar-refractivity contribution in [1.82, 2.24) is 10.2 Å². The lowest BCUT2D eigenvalue weighted by Crippen LogP contribution is -2.47. The van der Waals surface area contributed by atoms with Crippen molar-refractivity contribution in [1.29, 1.82) is 0 Å². The number of likely N-dealkylation sites (N-methyl/N-ethyl adjacent to an activating group) is 1. The SMILES string of the molecule is CCC(CN)CC(=O)NCC(C)(O)CN(C)C. The van der Waals surface area contributed by atoms with Gasteiger partial charge in [0, 0.05) is 19.5 Å². The first-order valence-electron chi connectivity index (χ1n) is 6.14. The second-order valence-electron chi connectivity index (χ2n) is 5.23. The van der Waals surface area contributed by atoms with Crippen LogP contribution in [-0.4, -0.2) is 55.2 Å². The van der Waals surface area contributed by atoms with Crippen LogP contribution in [0.25, 0.3) is 0 Å². The van der Waals surface area contributed by atoms with Gasteiger partial charge in [0.1, 0.15) is 0 Å². The van der Waals surface area contributed by atoms with Crippen molar-refractivity contribution in [3.63, 3.8) is 0 Å². The molecule has 102 valence electrons. The second kappa shape index (κ2) is 7.63. The normalized spacial score (nSPS) is 16.6. The van der Waals surface area contributed by atoms with Crippen LogP contribution in [0.4, 0.5) is 0 Å². The van der Waals surface area contributed by atoms with E-state index in [0.717, 1.165) is 6.42 Å². The van der Waals surface area contributed by atoms with Crippen molar-refractivity contribution >= 4 is 5.91 Å². The molecule has 4 N–H and O–H groups in total. The number of nitrogens with zero attached hydrogens (tertiary/aromatic N) is 1. The molecule has 5 heteroatoms. The second-order valence-corrected chi connectivity index (χ2v) is 5.23. The fourth-order valence-corrected chi connectivity index (χ4v) is 1.75. The number of hydrogen-bond donors (Lipinski definition) is 3. The molecule has 0 aromatic carbocycles. The Bertz CT molecular complexity index is 226. The van der Waals surface area contributed by atoms with Gasteiger partial charge in [-0.15, -0.1) is 0 Å². The fraction of sp³-hybridized carbons (Fsp3) is 0.917. The van der Waals surface area contributed by atoms with Crippen molar-refractivity contribution in [3.8, 4) is 0 Å². The average molecular weight is 245 g/mol. The molecule has 17 heavy (non-hydrogen) atoms. The van der Waals surface area contributed by atoms with Crippen molar-refractivity contribution in [2.24, 2.45) is 11.7 Å². The predicted octanol–water partition coefficient (Wildman–Crippen LogP) is -0.210. The van der Waals surface area contributed by atoms with Crippen molar-refractivity contribution < 1.29 is 9.90 Å². The summed E-state index contributed by atoms with van der Waals surface area (Å²) < 4.78 is 0. The highest BCUT2D eigenvalue weighted by atomic mass is 16.3. The van der Waals surface area contributed by atoms with Gasteiger partial charge in [-0.1, -0.05) is 13.3 Å². The van der Waals surface area contributed by atoms with Gasteiger partial charge >= 0.3 is 0 Å². The number of nitrogens with two attached hydrogens (primary N) is 1. The number of aliphatic hydroxyl groups is 1. The number of rotatable bonds is 8. The first-order chi connectivity index (χ1) is 7.80. The summed E-state index contributed by atoms with van der Waals surface area (Å²) in [5, 5.41) is 12.8. The molecular weight excluding hydrogens is 218 g/mol. The Hall–Kier alpha value is -0.650. The van der Waals surface area contributed by atoms with E-state index in [9.17, 15) is 9.90 Å². The molecule has 5 nitrogen and oxygen atoms in total. The number of hydrogen-bond acceptors (Lipinski definition) is 4. The Kier molecular flexibility index (Phi) is 7.34. The summed E-state index contributed by atoms with van der Waals surface area (Å²) in [7, 11) is 3.77. The quantitative estimate of drug-likeness (QED) is 0.553. The van der Waals surface area contributed by atoms with Gasteiger partial charge in [-0.25, -0.2) is 0 Å². The van der Waals surface area contributed by atoms with E-state index in [-0.39, 0.29) is 18.4 Å². The Labute approximate surface area is 104 Å². The largest absolute Gasteiger partial charge is 0.387 e. The first-order valence-corrected chi connectivity index (χ1v) is 6.14. The third-order valence-electron chi connectivity index (χ3n) is 2.71. The molecule has 0 aromatic rings. The molecule has 0 spiro atoms. The van der Waals surface area contributed by atoms with E-state index in [2.05, 4.69) is 5.32 Å². The van der Waals surface area contributed by atoms with Crippen LogP contribution in [0, 0.1) is 5.92 Å². The lowest BCUT2D eigenvalue weighted by Gasteiger charge is -2.27. The molecule has 0 aliphatic rings. The summed E-state index contributed by atoms with van der Waals surface area (Å²) in [6.07, 6.45) is 1.34. The minimum Gasteiger partial charge on any atom is -0.387 e. The van der Waals surface area contributed by atoms with E-state index >= 15 is 0 Å². The first kappa shape index (κ1) is 16.4. The highest BCUT2D eigenvalue weighted by molar-refractivity contribution is 5.76. The van der Waals surface area contributed by atoms with Crippen LogP contribution in [0.5, 0.6) is 0 Å². The van der Waals surface area contributed by atoms with E-state index in [1.165, 1.54) is 0 Å². The molecular formula is C12H27N3O2. The molecule has 0 radical (unpaired) electrons. The van der Waals surface area contributed by atoms with Crippen LogP contribution in [0.15, 0.2) is 0 Å². The van der Waals surface area contributed by atoms with Gasteiger partial charge in [0.15, 0.2) is 0 Å². The Morgan fingerprint density at radius 2 is 2.12 bits per heavy atom. The maximum Gasteiger partial charge on any atom is 0.220 e. The molecule has 0 saturated carbocycles. The van der Waals surface area contributed by atoms with E-state index in [1.54, 1.807) is 6.92 Å². The highest BCUT2D eigenvalue weighted by Crippen LogP contribution is 2.07. The molecule has 0 rings (SSSR count). The summed E-state index contributed by atoms with van der Waals surface area (Å²) in [6.45, 7) is 5.05. The zero-order valence-electron chi connectivity index (χ0n) is 11.5. The molecule has 2 unspecified atom stereocenters. The van der Waals surface area contributed by atoms with Crippen LogP contribution in [0.1, 0.15) is 26.7 Å². The minimum absolute atomic E-state index is 0.0404. The van der Waals surface area contributed by atoms with Gasteiger partial charge in [-0.05, 0) is 33.5 Å². The van der Waals surface area contributed by atoms with Gasteiger partial charge in [-0.2, -0.15) is 0 Å². The predicted molar refractivity (Wildman–Crippen MR) is 69.6 cm³/mol. The van der Waals surface area contributed by atoms with Gasteiger partial charge in [0.2, 0.25) is 5.91 Å². The van der Waals surface area contributed by atoms with E-state index < -0.39 is 5.60 Å². The summed E-state index contributed by atoms with van der Waals surface area (Å²) >= 11 is 0. The van der Waals surface area contributed by atoms with Crippen molar-refractivity contribution in [3.05, 3.63) is 0 Å². The van der Waals surface area contributed by atoms with Crippen LogP contribution < -0.4 is 11.1 Å². The summed E-state index contributed by atoms with van der Waals surface area (Å²) in [6, 6.07) is 0. The fourth-order valence-electron chi connectivity index (χ4n) is 1.75. The summed E-state index contributed by atoms with van der Waals surface area (Å²) in [5.41, 5.74) is 4.64. The highest BCUT2D eigenvalue weighted by Gasteiger charge is 2.22.